The lowest BCUT2D eigenvalue weighted by Crippen LogP contribution is -2.17. The number of hydrogen-bond donors (Lipinski definition) is 3. The first-order chi connectivity index (χ1) is 9.52. The van der Waals surface area contributed by atoms with Gasteiger partial charge in [-0.1, -0.05) is 0 Å². The number of benzene rings is 1. The summed E-state index contributed by atoms with van der Waals surface area (Å²) < 4.78 is 38.9. The van der Waals surface area contributed by atoms with Gasteiger partial charge in [-0.05, 0) is 6.07 Å². The summed E-state index contributed by atoms with van der Waals surface area (Å²) in [6, 6.07) is 2.71. The minimum Gasteiger partial charge on any atom is -0.322 e. The highest BCUT2D eigenvalue weighted by molar-refractivity contribution is 6.07. The van der Waals surface area contributed by atoms with Crippen LogP contribution < -0.4 is 16.6 Å². The zero-order chi connectivity index (χ0) is 14.7. The first-order valence-electron chi connectivity index (χ1n) is 5.39. The molecule has 20 heavy (non-hydrogen) atoms. The van der Waals surface area contributed by atoms with Gasteiger partial charge in [0, 0.05) is 24.0 Å². The summed E-state index contributed by atoms with van der Waals surface area (Å²) in [6.07, 6.45) is 2.66. The molecule has 0 saturated carbocycles. The topological polar surface area (TPSA) is 80.0 Å². The van der Waals surface area contributed by atoms with Crippen LogP contribution in [0.25, 0.3) is 0 Å². The van der Waals surface area contributed by atoms with Crippen LogP contribution in [0.4, 0.5) is 24.5 Å². The molecule has 1 aromatic heterocycles. The number of carbonyl (C=O) groups is 1. The van der Waals surface area contributed by atoms with E-state index < -0.39 is 23.4 Å². The molecule has 0 fully saturated rings. The Morgan fingerprint density at radius 1 is 1.20 bits per heavy atom. The number of nitrogen functional groups attached to an aromatic ring is 1. The van der Waals surface area contributed by atoms with Crippen molar-refractivity contribution in [2.45, 2.75) is 0 Å². The van der Waals surface area contributed by atoms with Gasteiger partial charge in [0.25, 0.3) is 5.91 Å². The lowest BCUT2D eigenvalue weighted by molar-refractivity contribution is 0.102. The van der Waals surface area contributed by atoms with Crippen molar-refractivity contribution in [1.82, 2.24) is 4.98 Å². The number of nitrogens with zero attached hydrogens (tertiary/aromatic N) is 1. The Morgan fingerprint density at radius 2 is 1.85 bits per heavy atom. The number of anilines is 2. The molecule has 0 bridgehead atoms. The van der Waals surface area contributed by atoms with Gasteiger partial charge in [0.05, 0.1) is 17.4 Å². The average Bonchev–Trinajstić information content (AvgIpc) is 2.44. The summed E-state index contributed by atoms with van der Waals surface area (Å²) in [5.41, 5.74) is 2.39. The van der Waals surface area contributed by atoms with Crippen molar-refractivity contribution in [3.63, 3.8) is 0 Å². The molecule has 2 rings (SSSR count). The van der Waals surface area contributed by atoms with E-state index in [4.69, 9.17) is 5.84 Å². The third-order valence-electron chi connectivity index (χ3n) is 2.46. The van der Waals surface area contributed by atoms with E-state index in [2.05, 4.69) is 15.7 Å². The molecule has 2 aromatic rings. The van der Waals surface area contributed by atoms with Gasteiger partial charge in [0.1, 0.15) is 0 Å². The molecule has 4 N–H and O–H groups in total. The van der Waals surface area contributed by atoms with Crippen LogP contribution in [0.5, 0.6) is 0 Å². The molecule has 1 heterocycles. The number of pyridine rings is 1. The van der Waals surface area contributed by atoms with Crippen LogP contribution >= 0.6 is 0 Å². The number of amides is 1. The number of hydrazine groups is 1. The van der Waals surface area contributed by atoms with E-state index in [1.165, 1.54) is 18.5 Å². The third kappa shape index (κ3) is 2.69. The smallest absolute Gasteiger partial charge is 0.257 e. The van der Waals surface area contributed by atoms with Gasteiger partial charge in [-0.3, -0.25) is 15.6 Å². The fourth-order valence-corrected chi connectivity index (χ4v) is 1.53. The Morgan fingerprint density at radius 3 is 2.45 bits per heavy atom. The number of nitrogens with one attached hydrogen (secondary N) is 2. The number of aromatic nitrogens is 1. The van der Waals surface area contributed by atoms with E-state index in [1.807, 2.05) is 0 Å². The Balaban J connectivity index is 2.28. The van der Waals surface area contributed by atoms with Crippen molar-refractivity contribution in [2.75, 3.05) is 10.7 Å². The van der Waals surface area contributed by atoms with Gasteiger partial charge in [-0.2, -0.15) is 0 Å². The van der Waals surface area contributed by atoms with Gasteiger partial charge < -0.3 is 10.7 Å². The maximum atomic E-state index is 13.0. The highest BCUT2D eigenvalue weighted by atomic mass is 19.2. The molecule has 8 heteroatoms. The largest absolute Gasteiger partial charge is 0.322 e. The van der Waals surface area contributed by atoms with E-state index in [9.17, 15) is 18.0 Å². The molecule has 0 aliphatic rings. The van der Waals surface area contributed by atoms with Crippen molar-refractivity contribution in [2.24, 2.45) is 5.84 Å². The van der Waals surface area contributed by atoms with E-state index in [0.29, 0.717) is 12.1 Å². The highest BCUT2D eigenvalue weighted by Gasteiger charge is 2.15. The van der Waals surface area contributed by atoms with Crippen LogP contribution in [-0.4, -0.2) is 10.9 Å². The third-order valence-corrected chi connectivity index (χ3v) is 2.46. The first kappa shape index (κ1) is 13.8. The molecule has 0 spiro atoms. The van der Waals surface area contributed by atoms with Crippen LogP contribution in [0.3, 0.4) is 0 Å². The van der Waals surface area contributed by atoms with Crippen molar-refractivity contribution in [3.05, 3.63) is 53.6 Å². The summed E-state index contributed by atoms with van der Waals surface area (Å²) >= 11 is 0. The Hall–Kier alpha value is -2.61. The van der Waals surface area contributed by atoms with Crippen LogP contribution in [0, 0.1) is 17.5 Å². The second-order valence-corrected chi connectivity index (χ2v) is 3.77. The number of nitrogens with two attached hydrogens (primary N) is 1. The molecule has 104 valence electrons. The van der Waals surface area contributed by atoms with Gasteiger partial charge in [-0.25, -0.2) is 13.2 Å². The number of carbonyl (C=O) groups excluding carboxylic acids is 1. The molecule has 0 aliphatic heterocycles. The molecule has 0 unspecified atom stereocenters. The molecule has 1 aromatic carbocycles. The van der Waals surface area contributed by atoms with E-state index in [0.717, 1.165) is 0 Å². The number of hydrogen-bond acceptors (Lipinski definition) is 4. The predicted octanol–water partition coefficient (Wildman–Crippen LogP) is 2.04. The molecule has 0 aliphatic carbocycles. The zero-order valence-electron chi connectivity index (χ0n) is 9.95. The summed E-state index contributed by atoms with van der Waals surface area (Å²) in [5, 5.41) is 2.23. The Bertz CT molecular complexity index is 640. The van der Waals surface area contributed by atoms with Crippen molar-refractivity contribution < 1.29 is 18.0 Å². The van der Waals surface area contributed by atoms with Crippen molar-refractivity contribution in [3.8, 4) is 0 Å². The molecule has 0 atom stereocenters. The molecule has 5 nitrogen and oxygen atoms in total. The SMILES string of the molecule is NNc1cnccc1C(=O)Nc1cc(F)c(F)c(F)c1. The monoisotopic (exact) mass is 282 g/mol. The highest BCUT2D eigenvalue weighted by Crippen LogP contribution is 2.19. The Kier molecular flexibility index (Phi) is 3.85. The summed E-state index contributed by atoms with van der Waals surface area (Å²) in [5.74, 6) is 0.142. The van der Waals surface area contributed by atoms with Crippen molar-refractivity contribution in [1.29, 1.82) is 0 Å². The van der Waals surface area contributed by atoms with Gasteiger partial charge >= 0.3 is 0 Å². The van der Waals surface area contributed by atoms with Gasteiger partial charge in [0.15, 0.2) is 17.5 Å². The standard InChI is InChI=1S/C12H9F3N4O/c13-8-3-6(4-9(14)11(8)15)18-12(20)7-1-2-17-5-10(7)19-16/h1-5,19H,16H2,(H,18,20). The fourth-order valence-electron chi connectivity index (χ4n) is 1.53. The molecular formula is C12H9F3N4O. The van der Waals surface area contributed by atoms with Gasteiger partial charge in [-0.15, -0.1) is 0 Å². The first-order valence-corrected chi connectivity index (χ1v) is 5.39. The second kappa shape index (κ2) is 5.57. The van der Waals surface area contributed by atoms with Crippen molar-refractivity contribution >= 4 is 17.3 Å². The summed E-state index contributed by atoms with van der Waals surface area (Å²) in [7, 11) is 0. The van der Waals surface area contributed by atoms with Gasteiger partial charge in [0.2, 0.25) is 0 Å². The lowest BCUT2D eigenvalue weighted by Gasteiger charge is -2.09. The minimum absolute atomic E-state index is 0.118. The maximum absolute atomic E-state index is 13.0. The normalized spacial score (nSPS) is 10.2. The van der Waals surface area contributed by atoms with E-state index in [1.54, 1.807) is 0 Å². The molecule has 1 amide bonds. The zero-order valence-corrected chi connectivity index (χ0v) is 9.95. The second-order valence-electron chi connectivity index (χ2n) is 3.77. The molecular weight excluding hydrogens is 273 g/mol. The van der Waals surface area contributed by atoms with Crippen LogP contribution in [0.15, 0.2) is 30.6 Å². The fraction of sp³-hybridized carbons (Fsp3) is 0. The average molecular weight is 282 g/mol. The number of rotatable bonds is 3. The summed E-state index contributed by atoms with van der Waals surface area (Å²) in [4.78, 5) is 15.7. The van der Waals surface area contributed by atoms with E-state index >= 15 is 0 Å². The maximum Gasteiger partial charge on any atom is 0.257 e. The molecule has 0 radical (unpaired) electrons. The lowest BCUT2D eigenvalue weighted by atomic mass is 10.2. The predicted molar refractivity (Wildman–Crippen MR) is 66.3 cm³/mol. The Labute approximate surface area is 111 Å². The minimum atomic E-state index is -1.60. The quantitative estimate of drug-likeness (QED) is 0.457. The van der Waals surface area contributed by atoms with Crippen LogP contribution in [0.1, 0.15) is 10.4 Å². The van der Waals surface area contributed by atoms with Crippen LogP contribution in [0.2, 0.25) is 0 Å². The summed E-state index contributed by atoms with van der Waals surface area (Å²) in [6.45, 7) is 0. The molecule has 0 saturated heterocycles. The van der Waals surface area contributed by atoms with Crippen LogP contribution in [-0.2, 0) is 0 Å². The van der Waals surface area contributed by atoms with E-state index in [-0.39, 0.29) is 16.9 Å². The number of halogens is 3.